The standard InChI is InChI=1S/C11H18N4O2/c1-7(16-2)5-10-13-9-3-4-17-6-8(9)11(14-10)15-12/h7H,3-6,12H2,1-2H3,(H,13,14,15). The van der Waals surface area contributed by atoms with E-state index in [9.17, 15) is 0 Å². The lowest BCUT2D eigenvalue weighted by Gasteiger charge is -2.19. The van der Waals surface area contributed by atoms with Crippen molar-refractivity contribution < 1.29 is 9.47 Å². The molecule has 0 spiro atoms. The molecule has 6 heteroatoms. The first-order valence-electron chi connectivity index (χ1n) is 5.70. The summed E-state index contributed by atoms with van der Waals surface area (Å²) in [5.41, 5.74) is 4.61. The molecule has 0 aromatic carbocycles. The summed E-state index contributed by atoms with van der Waals surface area (Å²) in [4.78, 5) is 8.93. The van der Waals surface area contributed by atoms with Crippen LogP contribution >= 0.6 is 0 Å². The predicted octanol–water partition coefficient (Wildman–Crippen LogP) is 0.412. The van der Waals surface area contributed by atoms with E-state index in [2.05, 4.69) is 15.4 Å². The summed E-state index contributed by atoms with van der Waals surface area (Å²) in [5, 5.41) is 0. The first-order valence-corrected chi connectivity index (χ1v) is 5.70. The first-order chi connectivity index (χ1) is 8.24. The second-order valence-corrected chi connectivity index (χ2v) is 4.11. The number of hydrogen-bond acceptors (Lipinski definition) is 6. The molecule has 2 rings (SSSR count). The maximum Gasteiger partial charge on any atom is 0.149 e. The van der Waals surface area contributed by atoms with Crippen LogP contribution in [0.25, 0.3) is 0 Å². The molecule has 1 aromatic heterocycles. The Kier molecular flexibility index (Phi) is 3.88. The van der Waals surface area contributed by atoms with Gasteiger partial charge in [-0.05, 0) is 6.92 Å². The highest BCUT2D eigenvalue weighted by Crippen LogP contribution is 2.21. The molecule has 17 heavy (non-hydrogen) atoms. The lowest BCUT2D eigenvalue weighted by atomic mass is 10.1. The molecule has 1 unspecified atom stereocenters. The summed E-state index contributed by atoms with van der Waals surface area (Å²) in [6.07, 6.45) is 1.58. The molecular formula is C11H18N4O2. The van der Waals surface area contributed by atoms with Crippen molar-refractivity contribution in [3.8, 4) is 0 Å². The van der Waals surface area contributed by atoms with Crippen molar-refractivity contribution in [2.24, 2.45) is 5.84 Å². The van der Waals surface area contributed by atoms with Crippen LogP contribution in [-0.4, -0.2) is 29.8 Å². The second-order valence-electron chi connectivity index (χ2n) is 4.11. The zero-order chi connectivity index (χ0) is 12.3. The molecule has 0 radical (unpaired) electrons. The number of nitrogens with zero attached hydrogens (tertiary/aromatic N) is 2. The fraction of sp³-hybridized carbons (Fsp3) is 0.636. The Hall–Kier alpha value is -1.24. The highest BCUT2D eigenvalue weighted by atomic mass is 16.5. The van der Waals surface area contributed by atoms with Crippen LogP contribution in [0.15, 0.2) is 0 Å². The Morgan fingerprint density at radius 2 is 2.35 bits per heavy atom. The molecule has 2 heterocycles. The maximum atomic E-state index is 5.48. The van der Waals surface area contributed by atoms with Crippen LogP contribution in [0.3, 0.4) is 0 Å². The van der Waals surface area contributed by atoms with E-state index in [4.69, 9.17) is 15.3 Å². The Labute approximate surface area is 101 Å². The van der Waals surface area contributed by atoms with Gasteiger partial charge in [-0.2, -0.15) is 0 Å². The molecule has 0 saturated heterocycles. The van der Waals surface area contributed by atoms with Gasteiger partial charge in [0.25, 0.3) is 0 Å². The molecule has 3 N–H and O–H groups in total. The first kappa shape index (κ1) is 12.2. The molecule has 0 aliphatic carbocycles. The number of nitrogens with two attached hydrogens (primary N) is 1. The third-order valence-electron chi connectivity index (χ3n) is 2.88. The van der Waals surface area contributed by atoms with Crippen LogP contribution in [0.5, 0.6) is 0 Å². The van der Waals surface area contributed by atoms with Crippen molar-refractivity contribution >= 4 is 5.82 Å². The van der Waals surface area contributed by atoms with Crippen LogP contribution < -0.4 is 11.3 Å². The molecule has 6 nitrogen and oxygen atoms in total. The number of nitrogens with one attached hydrogen (secondary N) is 1. The number of hydrazine groups is 1. The summed E-state index contributed by atoms with van der Waals surface area (Å²) >= 11 is 0. The Balaban J connectivity index is 2.29. The minimum absolute atomic E-state index is 0.0958. The molecule has 0 amide bonds. The average Bonchev–Trinajstić information content (AvgIpc) is 2.37. The number of ether oxygens (including phenoxy) is 2. The van der Waals surface area contributed by atoms with Crippen molar-refractivity contribution in [1.82, 2.24) is 9.97 Å². The van der Waals surface area contributed by atoms with Crippen LogP contribution in [-0.2, 0) is 28.9 Å². The number of methoxy groups -OCH3 is 1. The van der Waals surface area contributed by atoms with Gasteiger partial charge in [-0.3, -0.25) is 0 Å². The molecular weight excluding hydrogens is 220 g/mol. The molecule has 1 aliphatic heterocycles. The van der Waals surface area contributed by atoms with Crippen molar-refractivity contribution in [2.45, 2.75) is 32.5 Å². The monoisotopic (exact) mass is 238 g/mol. The van der Waals surface area contributed by atoms with E-state index in [0.717, 1.165) is 23.5 Å². The highest BCUT2D eigenvalue weighted by Gasteiger charge is 2.18. The van der Waals surface area contributed by atoms with E-state index in [0.29, 0.717) is 25.5 Å². The van der Waals surface area contributed by atoms with Crippen LogP contribution in [0.1, 0.15) is 24.0 Å². The quantitative estimate of drug-likeness (QED) is 0.584. The van der Waals surface area contributed by atoms with Gasteiger partial charge in [0, 0.05) is 25.5 Å². The zero-order valence-electron chi connectivity index (χ0n) is 10.2. The number of hydrogen-bond donors (Lipinski definition) is 2. The number of rotatable bonds is 4. The molecule has 94 valence electrons. The van der Waals surface area contributed by atoms with E-state index in [1.165, 1.54) is 0 Å². The molecule has 1 atom stereocenters. The Morgan fingerprint density at radius 1 is 1.53 bits per heavy atom. The summed E-state index contributed by atoms with van der Waals surface area (Å²) in [6.45, 7) is 3.21. The van der Waals surface area contributed by atoms with E-state index >= 15 is 0 Å². The summed E-state index contributed by atoms with van der Waals surface area (Å²) in [5.74, 6) is 6.90. The van der Waals surface area contributed by atoms with Gasteiger partial charge in [0.2, 0.25) is 0 Å². The van der Waals surface area contributed by atoms with Gasteiger partial charge >= 0.3 is 0 Å². The largest absolute Gasteiger partial charge is 0.381 e. The summed E-state index contributed by atoms with van der Waals surface area (Å²) in [7, 11) is 1.68. The third-order valence-corrected chi connectivity index (χ3v) is 2.88. The topological polar surface area (TPSA) is 82.3 Å². The number of nitrogen functional groups attached to an aromatic ring is 1. The third kappa shape index (κ3) is 2.71. The normalized spacial score (nSPS) is 16.4. The smallest absolute Gasteiger partial charge is 0.149 e. The fourth-order valence-electron chi connectivity index (χ4n) is 1.83. The number of anilines is 1. The van der Waals surface area contributed by atoms with Gasteiger partial charge in [-0.15, -0.1) is 0 Å². The lowest BCUT2D eigenvalue weighted by Crippen LogP contribution is -2.22. The van der Waals surface area contributed by atoms with Crippen molar-refractivity contribution in [3.63, 3.8) is 0 Å². The van der Waals surface area contributed by atoms with Gasteiger partial charge in [-0.1, -0.05) is 0 Å². The number of fused-ring (bicyclic) bond motifs is 1. The van der Waals surface area contributed by atoms with Gasteiger partial charge in [0.1, 0.15) is 11.6 Å². The fourth-order valence-corrected chi connectivity index (χ4v) is 1.83. The minimum Gasteiger partial charge on any atom is -0.381 e. The Bertz CT molecular complexity index is 380. The van der Waals surface area contributed by atoms with Gasteiger partial charge in [0.15, 0.2) is 0 Å². The molecule has 1 aromatic rings. The molecule has 0 saturated carbocycles. The van der Waals surface area contributed by atoms with Gasteiger partial charge in [-0.25, -0.2) is 15.8 Å². The molecule has 0 fully saturated rings. The van der Waals surface area contributed by atoms with Crippen LogP contribution in [0, 0.1) is 0 Å². The second kappa shape index (κ2) is 5.39. The average molecular weight is 238 g/mol. The highest BCUT2D eigenvalue weighted by molar-refractivity contribution is 5.46. The SMILES string of the molecule is COC(C)Cc1nc2c(c(NN)n1)COCC2. The van der Waals surface area contributed by atoms with Gasteiger partial charge < -0.3 is 14.9 Å². The minimum atomic E-state index is 0.0958. The predicted molar refractivity (Wildman–Crippen MR) is 63.4 cm³/mol. The van der Waals surface area contributed by atoms with E-state index < -0.39 is 0 Å². The van der Waals surface area contributed by atoms with Crippen LogP contribution in [0.2, 0.25) is 0 Å². The molecule has 0 bridgehead atoms. The zero-order valence-corrected chi connectivity index (χ0v) is 10.2. The van der Waals surface area contributed by atoms with Crippen LogP contribution in [0.4, 0.5) is 5.82 Å². The van der Waals surface area contributed by atoms with Crippen molar-refractivity contribution in [1.29, 1.82) is 0 Å². The summed E-state index contributed by atoms with van der Waals surface area (Å²) in [6, 6.07) is 0. The lowest BCUT2D eigenvalue weighted by molar-refractivity contribution is 0.108. The van der Waals surface area contributed by atoms with E-state index in [1.54, 1.807) is 7.11 Å². The van der Waals surface area contributed by atoms with E-state index in [-0.39, 0.29) is 6.10 Å². The number of aromatic nitrogens is 2. The summed E-state index contributed by atoms with van der Waals surface area (Å²) < 4.78 is 10.6. The van der Waals surface area contributed by atoms with Gasteiger partial charge in [0.05, 0.1) is 25.0 Å². The maximum absolute atomic E-state index is 5.48. The van der Waals surface area contributed by atoms with E-state index in [1.807, 2.05) is 6.92 Å². The molecule has 1 aliphatic rings. The van der Waals surface area contributed by atoms with Crippen molar-refractivity contribution in [2.75, 3.05) is 19.1 Å². The Morgan fingerprint density at radius 3 is 3.06 bits per heavy atom. The van der Waals surface area contributed by atoms with Crippen molar-refractivity contribution in [3.05, 3.63) is 17.1 Å².